The van der Waals surface area contributed by atoms with Crippen molar-refractivity contribution in [2.24, 2.45) is 0 Å². The number of hydrogen-bond acceptors (Lipinski definition) is 4. The second-order valence-corrected chi connectivity index (χ2v) is 5.49. The van der Waals surface area contributed by atoms with Gasteiger partial charge in [0.2, 0.25) is 5.89 Å². The lowest BCUT2D eigenvalue weighted by Gasteiger charge is -2.27. The lowest BCUT2D eigenvalue weighted by molar-refractivity contribution is 0.237. The van der Waals surface area contributed by atoms with E-state index in [1.807, 2.05) is 43.1 Å². The minimum atomic E-state index is -0.260. The highest BCUT2D eigenvalue weighted by Gasteiger charge is 2.22. The van der Waals surface area contributed by atoms with Crippen LogP contribution in [0.1, 0.15) is 29.0 Å². The highest BCUT2D eigenvalue weighted by molar-refractivity contribution is 5.28. The van der Waals surface area contributed by atoms with Gasteiger partial charge in [0.15, 0.2) is 0 Å². The molecule has 1 unspecified atom stereocenters. The van der Waals surface area contributed by atoms with E-state index >= 15 is 0 Å². The molecule has 1 atom stereocenters. The molecule has 3 rings (SSSR count). The zero-order valence-corrected chi connectivity index (χ0v) is 13.1. The van der Waals surface area contributed by atoms with Crippen molar-refractivity contribution in [2.75, 3.05) is 7.05 Å². The Morgan fingerprint density at radius 1 is 1.17 bits per heavy atom. The maximum atomic E-state index is 13.7. The van der Waals surface area contributed by atoms with Gasteiger partial charge in [-0.1, -0.05) is 18.2 Å². The zero-order valence-electron chi connectivity index (χ0n) is 13.1. The first kappa shape index (κ1) is 15.4. The Labute approximate surface area is 134 Å². The molecule has 0 aliphatic carbocycles. The van der Waals surface area contributed by atoms with Gasteiger partial charge in [-0.3, -0.25) is 9.88 Å². The van der Waals surface area contributed by atoms with E-state index in [4.69, 9.17) is 4.42 Å². The minimum absolute atomic E-state index is 0.181. The van der Waals surface area contributed by atoms with Crippen molar-refractivity contribution in [3.63, 3.8) is 0 Å². The summed E-state index contributed by atoms with van der Waals surface area (Å²) in [6.45, 7) is 2.37. The molecular weight excluding hydrogens is 293 g/mol. The molecule has 0 spiro atoms. The molecule has 0 N–H and O–H groups in total. The number of halogens is 1. The number of hydrogen-bond donors (Lipinski definition) is 0. The summed E-state index contributed by atoms with van der Waals surface area (Å²) in [6.07, 6.45) is 3.44. The molecule has 0 fully saturated rings. The molecule has 0 saturated carbocycles. The molecule has 0 aliphatic rings. The summed E-state index contributed by atoms with van der Waals surface area (Å²) in [6, 6.07) is 12.1. The van der Waals surface area contributed by atoms with E-state index < -0.39 is 0 Å². The number of benzene rings is 1. The van der Waals surface area contributed by atoms with E-state index in [-0.39, 0.29) is 11.9 Å². The Bertz CT molecular complexity index is 773. The molecule has 0 bridgehead atoms. The van der Waals surface area contributed by atoms with Crippen LogP contribution in [0.25, 0.3) is 0 Å². The summed E-state index contributed by atoms with van der Waals surface area (Å²) in [7, 11) is 1.95. The second kappa shape index (κ2) is 6.71. The first-order chi connectivity index (χ1) is 11.1. The Hall–Kier alpha value is -2.53. The van der Waals surface area contributed by atoms with E-state index in [1.165, 1.54) is 12.1 Å². The standard InChI is InChI=1S/C18H18FN3O/c1-13-11-21-17(23-13)12-22(2)18(16-8-3-4-9-20-16)14-6-5-7-15(19)10-14/h3-11,18H,12H2,1-2H3. The monoisotopic (exact) mass is 311 g/mol. The van der Waals surface area contributed by atoms with Crippen LogP contribution in [0.2, 0.25) is 0 Å². The fourth-order valence-electron chi connectivity index (χ4n) is 2.64. The van der Waals surface area contributed by atoms with Crippen LogP contribution < -0.4 is 0 Å². The average molecular weight is 311 g/mol. The van der Waals surface area contributed by atoms with Crippen molar-refractivity contribution in [1.29, 1.82) is 0 Å². The molecule has 0 radical (unpaired) electrons. The summed E-state index contributed by atoms with van der Waals surface area (Å²) < 4.78 is 19.2. The average Bonchev–Trinajstić information content (AvgIpc) is 2.94. The fourth-order valence-corrected chi connectivity index (χ4v) is 2.64. The largest absolute Gasteiger partial charge is 0.445 e. The van der Waals surface area contributed by atoms with Crippen LogP contribution in [0.3, 0.4) is 0 Å². The van der Waals surface area contributed by atoms with Crippen molar-refractivity contribution >= 4 is 0 Å². The van der Waals surface area contributed by atoms with Crippen LogP contribution in [0.15, 0.2) is 59.3 Å². The molecular formula is C18H18FN3O. The van der Waals surface area contributed by atoms with Gasteiger partial charge in [0.25, 0.3) is 0 Å². The second-order valence-electron chi connectivity index (χ2n) is 5.49. The van der Waals surface area contributed by atoms with Crippen LogP contribution in [-0.2, 0) is 6.54 Å². The van der Waals surface area contributed by atoms with Crippen molar-refractivity contribution in [1.82, 2.24) is 14.9 Å². The van der Waals surface area contributed by atoms with Crippen LogP contribution in [-0.4, -0.2) is 21.9 Å². The van der Waals surface area contributed by atoms with Gasteiger partial charge < -0.3 is 4.42 Å². The summed E-state index contributed by atoms with van der Waals surface area (Å²) in [5.74, 6) is 1.14. The molecule has 118 valence electrons. The fraction of sp³-hybridized carbons (Fsp3) is 0.222. The van der Waals surface area contributed by atoms with Gasteiger partial charge in [-0.15, -0.1) is 0 Å². The minimum Gasteiger partial charge on any atom is -0.445 e. The molecule has 0 amide bonds. The third-order valence-corrected chi connectivity index (χ3v) is 3.63. The van der Waals surface area contributed by atoms with Crippen LogP contribution in [0.4, 0.5) is 4.39 Å². The first-order valence-corrected chi connectivity index (χ1v) is 7.41. The first-order valence-electron chi connectivity index (χ1n) is 7.41. The quantitative estimate of drug-likeness (QED) is 0.720. The highest BCUT2D eigenvalue weighted by Crippen LogP contribution is 2.27. The zero-order chi connectivity index (χ0) is 16.2. The molecule has 4 nitrogen and oxygen atoms in total. The Morgan fingerprint density at radius 3 is 2.70 bits per heavy atom. The smallest absolute Gasteiger partial charge is 0.208 e. The van der Waals surface area contributed by atoms with Gasteiger partial charge in [0.05, 0.1) is 24.5 Å². The summed E-state index contributed by atoms with van der Waals surface area (Å²) in [4.78, 5) is 10.7. The maximum absolute atomic E-state index is 13.7. The van der Waals surface area contributed by atoms with Crippen molar-refractivity contribution in [3.05, 3.63) is 83.6 Å². The van der Waals surface area contributed by atoms with Gasteiger partial charge >= 0.3 is 0 Å². The Balaban J connectivity index is 1.94. The Morgan fingerprint density at radius 2 is 2.04 bits per heavy atom. The topological polar surface area (TPSA) is 42.2 Å². The number of pyridine rings is 1. The summed E-state index contributed by atoms with van der Waals surface area (Å²) in [5.41, 5.74) is 1.69. The van der Waals surface area contributed by atoms with Crippen molar-refractivity contribution in [2.45, 2.75) is 19.5 Å². The molecule has 0 saturated heterocycles. The molecule has 1 aromatic carbocycles. The summed E-state index contributed by atoms with van der Waals surface area (Å²) >= 11 is 0. The number of rotatable bonds is 5. The normalized spacial score (nSPS) is 12.5. The van der Waals surface area contributed by atoms with Crippen molar-refractivity contribution < 1.29 is 8.81 Å². The number of aryl methyl sites for hydroxylation is 1. The van der Waals surface area contributed by atoms with Crippen LogP contribution >= 0.6 is 0 Å². The maximum Gasteiger partial charge on any atom is 0.208 e. The molecule has 0 aliphatic heterocycles. The molecule has 2 aromatic heterocycles. The summed E-state index contributed by atoms with van der Waals surface area (Å²) in [5, 5.41) is 0. The third-order valence-electron chi connectivity index (χ3n) is 3.63. The van der Waals surface area contributed by atoms with E-state index in [9.17, 15) is 4.39 Å². The van der Waals surface area contributed by atoms with Gasteiger partial charge in [0, 0.05) is 6.20 Å². The molecule has 2 heterocycles. The van der Waals surface area contributed by atoms with Gasteiger partial charge in [-0.05, 0) is 43.8 Å². The lowest BCUT2D eigenvalue weighted by atomic mass is 10.0. The molecule has 3 aromatic rings. The van der Waals surface area contributed by atoms with Gasteiger partial charge in [0.1, 0.15) is 11.6 Å². The SMILES string of the molecule is Cc1cnc(CN(C)C(c2cccc(F)c2)c2ccccn2)o1. The van der Waals surface area contributed by atoms with E-state index in [0.29, 0.717) is 12.4 Å². The van der Waals surface area contributed by atoms with Crippen molar-refractivity contribution in [3.8, 4) is 0 Å². The molecule has 5 heteroatoms. The number of nitrogens with zero attached hydrogens (tertiary/aromatic N) is 3. The highest BCUT2D eigenvalue weighted by atomic mass is 19.1. The number of aromatic nitrogens is 2. The predicted octanol–water partition coefficient (Wildman–Crippen LogP) is 3.74. The number of oxazole rings is 1. The van der Waals surface area contributed by atoms with Crippen LogP contribution in [0, 0.1) is 12.7 Å². The van der Waals surface area contributed by atoms with E-state index in [1.54, 1.807) is 18.5 Å². The predicted molar refractivity (Wildman–Crippen MR) is 85.2 cm³/mol. The van der Waals surface area contributed by atoms with E-state index in [2.05, 4.69) is 9.97 Å². The van der Waals surface area contributed by atoms with Gasteiger partial charge in [-0.2, -0.15) is 0 Å². The van der Waals surface area contributed by atoms with Crippen LogP contribution in [0.5, 0.6) is 0 Å². The lowest BCUT2D eigenvalue weighted by Crippen LogP contribution is -2.26. The Kier molecular flexibility index (Phi) is 4.48. The molecule has 23 heavy (non-hydrogen) atoms. The van der Waals surface area contributed by atoms with Gasteiger partial charge in [-0.25, -0.2) is 9.37 Å². The third kappa shape index (κ3) is 3.63. The van der Waals surface area contributed by atoms with E-state index in [0.717, 1.165) is 17.0 Å².